The van der Waals surface area contributed by atoms with E-state index >= 15 is 0 Å². The summed E-state index contributed by atoms with van der Waals surface area (Å²) in [5, 5.41) is -0.537. The fourth-order valence-electron chi connectivity index (χ4n) is 1.99. The van der Waals surface area contributed by atoms with Gasteiger partial charge in [-0.1, -0.05) is 6.92 Å². The van der Waals surface area contributed by atoms with Crippen molar-refractivity contribution in [2.75, 3.05) is 31.1 Å². The lowest BCUT2D eigenvalue weighted by Gasteiger charge is -2.37. The summed E-state index contributed by atoms with van der Waals surface area (Å²) in [5.41, 5.74) is 0. The van der Waals surface area contributed by atoms with E-state index in [0.717, 1.165) is 0 Å². The average molecular weight is 272 g/mol. The van der Waals surface area contributed by atoms with E-state index in [1.807, 2.05) is 0 Å². The molecule has 1 aromatic heterocycles. The van der Waals surface area contributed by atoms with Crippen LogP contribution in [0, 0.1) is 6.92 Å². The summed E-state index contributed by atoms with van der Waals surface area (Å²) in [4.78, 5) is 12.2. The third-order valence-electron chi connectivity index (χ3n) is 3.07. The van der Waals surface area contributed by atoms with Gasteiger partial charge in [0.25, 0.3) is 0 Å². The molecule has 1 radical (unpaired) electrons. The predicted molar refractivity (Wildman–Crippen MR) is 70.3 cm³/mol. The van der Waals surface area contributed by atoms with Gasteiger partial charge in [0.15, 0.2) is 6.30 Å². The quantitative estimate of drug-likeness (QED) is 0.617. The highest BCUT2D eigenvalue weighted by atomic mass is 35.5. The number of nitrogens with zero attached hydrogens (tertiary/aromatic N) is 4. The van der Waals surface area contributed by atoms with E-state index in [2.05, 4.69) is 21.8 Å². The fraction of sp³-hybridized carbons (Fsp3) is 0.583. The number of halogens is 2. The Morgan fingerprint density at radius 1 is 1.28 bits per heavy atom. The van der Waals surface area contributed by atoms with Crippen LogP contribution in [0.2, 0.25) is 0 Å². The van der Waals surface area contributed by atoms with Gasteiger partial charge in [-0.25, -0.2) is 14.4 Å². The maximum atomic E-state index is 13.9. The van der Waals surface area contributed by atoms with Crippen molar-refractivity contribution in [1.82, 2.24) is 14.9 Å². The normalized spacial score (nSPS) is 20.7. The molecule has 2 atom stereocenters. The summed E-state index contributed by atoms with van der Waals surface area (Å²) in [6.45, 7) is 6.32. The topological polar surface area (TPSA) is 32.3 Å². The van der Waals surface area contributed by atoms with Gasteiger partial charge in [0.05, 0.1) is 5.38 Å². The van der Waals surface area contributed by atoms with E-state index in [1.54, 1.807) is 23.4 Å². The minimum Gasteiger partial charge on any atom is -0.338 e. The van der Waals surface area contributed by atoms with E-state index in [4.69, 9.17) is 11.6 Å². The second-order valence-electron chi connectivity index (χ2n) is 4.25. The number of hydrogen-bond donors (Lipinski definition) is 0. The molecule has 1 saturated heterocycles. The SMILES string of the molecule is [CH2]CC(Cl)C(F)N1CCN(c2ncccn2)CC1. The van der Waals surface area contributed by atoms with Gasteiger partial charge in [0.1, 0.15) is 0 Å². The molecule has 2 unspecified atom stereocenters. The van der Waals surface area contributed by atoms with Gasteiger partial charge >= 0.3 is 0 Å². The molecular formula is C12H17ClFN4. The Hall–Kier alpha value is -0.940. The first-order chi connectivity index (χ1) is 8.72. The van der Waals surface area contributed by atoms with Crippen LogP contribution in [0.25, 0.3) is 0 Å². The Morgan fingerprint density at radius 2 is 1.89 bits per heavy atom. The molecule has 1 aliphatic heterocycles. The number of rotatable bonds is 4. The highest BCUT2D eigenvalue weighted by Gasteiger charge is 2.28. The zero-order chi connectivity index (χ0) is 13.0. The van der Waals surface area contributed by atoms with Crippen LogP contribution in [0.5, 0.6) is 0 Å². The highest BCUT2D eigenvalue weighted by Crippen LogP contribution is 2.18. The van der Waals surface area contributed by atoms with Crippen molar-refractivity contribution in [3.8, 4) is 0 Å². The molecule has 6 heteroatoms. The molecule has 0 spiro atoms. The van der Waals surface area contributed by atoms with Gasteiger partial charge in [0.2, 0.25) is 5.95 Å². The summed E-state index contributed by atoms with van der Waals surface area (Å²) < 4.78 is 13.9. The number of alkyl halides is 2. The molecule has 0 amide bonds. The Kier molecular flexibility index (Phi) is 4.72. The third kappa shape index (κ3) is 3.09. The first-order valence-electron chi connectivity index (χ1n) is 6.06. The summed E-state index contributed by atoms with van der Waals surface area (Å²) in [6, 6.07) is 1.78. The molecular weight excluding hydrogens is 255 g/mol. The van der Waals surface area contributed by atoms with Crippen molar-refractivity contribution in [2.24, 2.45) is 0 Å². The molecule has 0 N–H and O–H groups in total. The van der Waals surface area contributed by atoms with E-state index in [-0.39, 0.29) is 0 Å². The van der Waals surface area contributed by atoms with Gasteiger partial charge in [-0.2, -0.15) is 0 Å². The van der Waals surface area contributed by atoms with Crippen LogP contribution in [-0.4, -0.2) is 52.7 Å². The molecule has 2 heterocycles. The molecule has 4 nitrogen and oxygen atoms in total. The summed E-state index contributed by atoms with van der Waals surface area (Å²) in [7, 11) is 0. The van der Waals surface area contributed by atoms with Crippen molar-refractivity contribution in [1.29, 1.82) is 0 Å². The lowest BCUT2D eigenvalue weighted by molar-refractivity contribution is 0.0728. The Balaban J connectivity index is 1.88. The monoisotopic (exact) mass is 271 g/mol. The van der Waals surface area contributed by atoms with E-state index in [9.17, 15) is 4.39 Å². The van der Waals surface area contributed by atoms with Crippen molar-refractivity contribution >= 4 is 17.5 Å². The number of piperazine rings is 1. The molecule has 1 aromatic rings. The minimum absolute atomic E-state index is 0.394. The zero-order valence-corrected chi connectivity index (χ0v) is 10.9. The van der Waals surface area contributed by atoms with Gasteiger partial charge in [-0.15, -0.1) is 11.6 Å². The second kappa shape index (κ2) is 6.29. The van der Waals surface area contributed by atoms with Crippen LogP contribution in [0.1, 0.15) is 6.42 Å². The number of hydrogen-bond acceptors (Lipinski definition) is 4. The number of aromatic nitrogens is 2. The molecule has 18 heavy (non-hydrogen) atoms. The maximum absolute atomic E-state index is 13.9. The molecule has 0 aromatic carbocycles. The first kappa shape index (κ1) is 13.5. The predicted octanol–water partition coefficient (Wildman–Crippen LogP) is 1.73. The minimum atomic E-state index is -1.12. The summed E-state index contributed by atoms with van der Waals surface area (Å²) in [6.07, 6.45) is 2.70. The van der Waals surface area contributed by atoms with Crippen LogP contribution in [0.3, 0.4) is 0 Å². The van der Waals surface area contributed by atoms with E-state index < -0.39 is 11.7 Å². The lowest BCUT2D eigenvalue weighted by Crippen LogP contribution is -2.51. The lowest BCUT2D eigenvalue weighted by atomic mass is 10.2. The zero-order valence-electron chi connectivity index (χ0n) is 10.2. The van der Waals surface area contributed by atoms with Crippen LogP contribution in [0.15, 0.2) is 18.5 Å². The van der Waals surface area contributed by atoms with Crippen molar-refractivity contribution in [2.45, 2.75) is 18.1 Å². The van der Waals surface area contributed by atoms with Gasteiger partial charge < -0.3 is 4.90 Å². The smallest absolute Gasteiger partial charge is 0.225 e. The molecule has 1 fully saturated rings. The fourth-order valence-corrected chi connectivity index (χ4v) is 2.15. The van der Waals surface area contributed by atoms with Crippen molar-refractivity contribution in [3.05, 3.63) is 25.4 Å². The molecule has 1 aliphatic rings. The van der Waals surface area contributed by atoms with Crippen LogP contribution in [0.4, 0.5) is 10.3 Å². The number of anilines is 1. The average Bonchev–Trinajstić information content (AvgIpc) is 2.47. The molecule has 0 aliphatic carbocycles. The molecule has 0 saturated carbocycles. The summed E-state index contributed by atoms with van der Waals surface area (Å²) >= 11 is 5.88. The van der Waals surface area contributed by atoms with E-state index in [1.165, 1.54) is 0 Å². The second-order valence-corrected chi connectivity index (χ2v) is 4.81. The van der Waals surface area contributed by atoms with Crippen LogP contribution < -0.4 is 4.90 Å². The Morgan fingerprint density at radius 3 is 2.44 bits per heavy atom. The van der Waals surface area contributed by atoms with Crippen molar-refractivity contribution < 1.29 is 4.39 Å². The first-order valence-corrected chi connectivity index (χ1v) is 6.49. The largest absolute Gasteiger partial charge is 0.338 e. The Bertz CT molecular complexity index is 356. The molecule has 99 valence electrons. The summed E-state index contributed by atoms with van der Waals surface area (Å²) in [5.74, 6) is 0.701. The van der Waals surface area contributed by atoms with E-state index in [0.29, 0.717) is 38.5 Å². The highest BCUT2D eigenvalue weighted by molar-refractivity contribution is 6.21. The van der Waals surface area contributed by atoms with Crippen LogP contribution in [-0.2, 0) is 0 Å². The third-order valence-corrected chi connectivity index (χ3v) is 3.50. The van der Waals surface area contributed by atoms with Crippen LogP contribution >= 0.6 is 11.6 Å². The maximum Gasteiger partial charge on any atom is 0.225 e. The standard InChI is InChI=1S/C12H17ClFN4/c1-2-10(13)11(14)17-6-8-18(9-7-17)12-15-4-3-5-16-12/h3-5,10-11H,1-2,6-9H2. The molecule has 2 rings (SSSR count). The molecule has 0 bridgehead atoms. The van der Waals surface area contributed by atoms with Gasteiger partial charge in [-0.05, 0) is 12.5 Å². The van der Waals surface area contributed by atoms with Crippen molar-refractivity contribution in [3.63, 3.8) is 0 Å². The Labute approximate surface area is 112 Å². The van der Waals surface area contributed by atoms with Gasteiger partial charge in [0, 0.05) is 38.6 Å². The van der Waals surface area contributed by atoms with Gasteiger partial charge in [-0.3, -0.25) is 4.90 Å².